The Labute approximate surface area is 205 Å². The molecule has 1 aliphatic heterocycles. The Balaban J connectivity index is 1.50. The first kappa shape index (κ1) is 23.2. The molecule has 7 heteroatoms. The van der Waals surface area contributed by atoms with Crippen molar-refractivity contribution in [2.75, 3.05) is 7.11 Å². The minimum atomic E-state index is -0.295. The van der Waals surface area contributed by atoms with E-state index in [-0.39, 0.29) is 24.5 Å². The highest BCUT2D eigenvalue weighted by atomic mass is 32.2. The number of carbonyl (C=O) groups is 2. The van der Waals surface area contributed by atoms with Gasteiger partial charge in [-0.1, -0.05) is 56.7 Å². The number of carbonyl (C=O) groups excluding carboxylic acids is 2. The molecule has 1 aromatic carbocycles. The second-order valence-corrected chi connectivity index (χ2v) is 10.6. The lowest BCUT2D eigenvalue weighted by Gasteiger charge is -2.31. The Morgan fingerprint density at radius 2 is 1.79 bits per heavy atom. The largest absolute Gasteiger partial charge is 0.468 e. The molecule has 180 valence electrons. The van der Waals surface area contributed by atoms with E-state index in [9.17, 15) is 9.59 Å². The Bertz CT molecular complexity index is 1120. The number of aliphatic imine (C=N–C) groups is 1. The fraction of sp³-hybridized carbons (Fsp3) is 0.519. The number of hydrogen-bond acceptors (Lipinski definition) is 5. The van der Waals surface area contributed by atoms with E-state index in [0.717, 1.165) is 52.2 Å². The summed E-state index contributed by atoms with van der Waals surface area (Å²) < 4.78 is 6.77. The first-order valence-electron chi connectivity index (χ1n) is 12.6. The predicted molar refractivity (Wildman–Crippen MR) is 138 cm³/mol. The van der Waals surface area contributed by atoms with Crippen molar-refractivity contribution >= 4 is 45.8 Å². The van der Waals surface area contributed by atoms with Gasteiger partial charge in [-0.05, 0) is 49.6 Å². The van der Waals surface area contributed by atoms with Crippen LogP contribution in [0.1, 0.15) is 69.8 Å². The third-order valence-corrected chi connectivity index (χ3v) is 8.27. The molecule has 2 aromatic rings. The van der Waals surface area contributed by atoms with Crippen molar-refractivity contribution in [2.45, 2.75) is 82.8 Å². The summed E-state index contributed by atoms with van der Waals surface area (Å²) in [5.41, 5.74) is 1.90. The van der Waals surface area contributed by atoms with Crippen LogP contribution in [0.5, 0.6) is 0 Å². The average molecular weight is 480 g/mol. The van der Waals surface area contributed by atoms with Gasteiger partial charge in [-0.25, -0.2) is 0 Å². The van der Waals surface area contributed by atoms with Gasteiger partial charge in [-0.2, -0.15) is 0 Å². The van der Waals surface area contributed by atoms with Gasteiger partial charge in [-0.3, -0.25) is 19.5 Å². The number of para-hydroxylation sites is 1. The normalized spacial score (nSPS) is 22.9. The van der Waals surface area contributed by atoms with Crippen LogP contribution < -0.4 is 0 Å². The minimum Gasteiger partial charge on any atom is -0.468 e. The molecule has 1 saturated heterocycles. The van der Waals surface area contributed by atoms with E-state index in [1.807, 2.05) is 46.0 Å². The molecule has 3 fully saturated rings. The van der Waals surface area contributed by atoms with Gasteiger partial charge >= 0.3 is 5.97 Å². The molecule has 0 bridgehead atoms. The van der Waals surface area contributed by atoms with Crippen LogP contribution in [0.4, 0.5) is 0 Å². The highest BCUT2D eigenvalue weighted by molar-refractivity contribution is 8.18. The van der Waals surface area contributed by atoms with Gasteiger partial charge in [0.05, 0.1) is 18.1 Å². The van der Waals surface area contributed by atoms with Crippen molar-refractivity contribution in [2.24, 2.45) is 4.99 Å². The molecule has 0 spiro atoms. The second-order valence-electron chi connectivity index (χ2n) is 9.59. The summed E-state index contributed by atoms with van der Waals surface area (Å²) in [7, 11) is 1.40. The third-order valence-electron chi connectivity index (χ3n) is 7.28. The summed E-state index contributed by atoms with van der Waals surface area (Å²) in [6.45, 7) is 0.143. The van der Waals surface area contributed by atoms with E-state index in [1.54, 1.807) is 0 Å². The number of amides is 1. The molecule has 5 rings (SSSR count). The Morgan fingerprint density at radius 3 is 2.53 bits per heavy atom. The van der Waals surface area contributed by atoms with Crippen molar-refractivity contribution < 1.29 is 14.3 Å². The number of ether oxygens (including phenoxy) is 1. The van der Waals surface area contributed by atoms with E-state index in [2.05, 4.69) is 0 Å². The van der Waals surface area contributed by atoms with E-state index in [0.29, 0.717) is 6.04 Å². The second kappa shape index (κ2) is 10.4. The molecule has 34 heavy (non-hydrogen) atoms. The third kappa shape index (κ3) is 4.81. The monoisotopic (exact) mass is 479 g/mol. The molecular weight excluding hydrogens is 446 g/mol. The molecule has 0 N–H and O–H groups in total. The number of aromatic nitrogens is 1. The first-order valence-corrected chi connectivity index (χ1v) is 13.4. The molecule has 0 radical (unpaired) electrons. The van der Waals surface area contributed by atoms with Gasteiger partial charge in [0, 0.05) is 28.7 Å². The number of benzene rings is 1. The zero-order valence-corrected chi connectivity index (χ0v) is 20.7. The zero-order valence-electron chi connectivity index (χ0n) is 19.9. The lowest BCUT2D eigenvalue weighted by Crippen LogP contribution is -2.41. The first-order chi connectivity index (χ1) is 16.6. The number of fused-ring (bicyclic) bond motifs is 1. The van der Waals surface area contributed by atoms with E-state index in [1.165, 1.54) is 57.4 Å². The number of hydrogen-bond donors (Lipinski definition) is 0. The van der Waals surface area contributed by atoms with Crippen LogP contribution in [-0.2, 0) is 20.9 Å². The smallest absolute Gasteiger partial charge is 0.325 e. The topological polar surface area (TPSA) is 63.9 Å². The Morgan fingerprint density at radius 1 is 1.09 bits per heavy atom. The van der Waals surface area contributed by atoms with Gasteiger partial charge in [0.2, 0.25) is 0 Å². The summed E-state index contributed by atoms with van der Waals surface area (Å²) in [6, 6.07) is 8.56. The number of methoxy groups -OCH3 is 1. The van der Waals surface area contributed by atoms with Crippen LogP contribution in [0.25, 0.3) is 17.0 Å². The van der Waals surface area contributed by atoms with Crippen LogP contribution >= 0.6 is 11.8 Å². The fourth-order valence-electron chi connectivity index (χ4n) is 5.47. The van der Waals surface area contributed by atoms with Crippen molar-refractivity contribution in [3.05, 3.63) is 40.9 Å². The summed E-state index contributed by atoms with van der Waals surface area (Å²) >= 11 is 1.53. The van der Waals surface area contributed by atoms with Crippen LogP contribution in [0.15, 0.2) is 40.4 Å². The quantitative estimate of drug-likeness (QED) is 0.404. The van der Waals surface area contributed by atoms with Gasteiger partial charge in [0.15, 0.2) is 5.17 Å². The van der Waals surface area contributed by atoms with Crippen molar-refractivity contribution in [1.29, 1.82) is 0 Å². The van der Waals surface area contributed by atoms with Crippen LogP contribution in [-0.4, -0.2) is 45.7 Å². The van der Waals surface area contributed by atoms with Gasteiger partial charge in [0.25, 0.3) is 5.91 Å². The lowest BCUT2D eigenvalue weighted by molar-refractivity contribution is -0.141. The van der Waals surface area contributed by atoms with Crippen LogP contribution in [0.2, 0.25) is 0 Å². The molecule has 3 aliphatic rings. The molecule has 1 amide bonds. The summed E-state index contributed by atoms with van der Waals surface area (Å²) in [5.74, 6) is -0.215. The summed E-state index contributed by atoms with van der Waals surface area (Å²) in [6.07, 6.45) is 15.6. The van der Waals surface area contributed by atoms with Crippen molar-refractivity contribution in [1.82, 2.24) is 9.47 Å². The van der Waals surface area contributed by atoms with Gasteiger partial charge in [-0.15, -0.1) is 0 Å². The van der Waals surface area contributed by atoms with Crippen molar-refractivity contribution in [3.63, 3.8) is 0 Å². The molecule has 2 saturated carbocycles. The van der Waals surface area contributed by atoms with Gasteiger partial charge < -0.3 is 9.30 Å². The van der Waals surface area contributed by atoms with E-state index < -0.39 is 0 Å². The predicted octanol–water partition coefficient (Wildman–Crippen LogP) is 5.75. The number of esters is 1. The highest BCUT2D eigenvalue weighted by Gasteiger charge is 2.39. The lowest BCUT2D eigenvalue weighted by atomic mass is 9.94. The van der Waals surface area contributed by atoms with Crippen LogP contribution in [0.3, 0.4) is 0 Å². The average Bonchev–Trinajstić information content (AvgIpc) is 3.37. The molecule has 1 aromatic heterocycles. The number of rotatable bonds is 5. The molecular formula is C27H33N3O3S. The number of nitrogens with zero attached hydrogens (tertiary/aromatic N) is 3. The summed E-state index contributed by atoms with van der Waals surface area (Å²) in [4.78, 5) is 33.5. The highest BCUT2D eigenvalue weighted by Crippen LogP contribution is 2.39. The van der Waals surface area contributed by atoms with Gasteiger partial charge in [0.1, 0.15) is 6.54 Å². The molecule has 2 aliphatic carbocycles. The summed E-state index contributed by atoms with van der Waals surface area (Å²) in [5, 5.41) is 1.92. The number of amidine groups is 1. The molecule has 0 atom stereocenters. The Kier molecular flexibility index (Phi) is 7.09. The number of thioether (sulfide) groups is 1. The van der Waals surface area contributed by atoms with E-state index >= 15 is 0 Å². The minimum absolute atomic E-state index is 0.0799. The maximum Gasteiger partial charge on any atom is 0.325 e. The van der Waals surface area contributed by atoms with Crippen LogP contribution in [0, 0.1) is 0 Å². The maximum atomic E-state index is 13.7. The molecule has 6 nitrogen and oxygen atoms in total. The SMILES string of the molecule is COC(=O)Cn1cc(C=C2SC(=NC3CCCCC3)N(C3CCCCC3)C2=O)c2ccccc21. The standard InChI is InChI=1S/C27H33N3O3S/c1-33-25(31)18-29-17-19(22-14-8-9-15-23(22)29)16-24-26(32)30(21-12-6-3-7-13-21)27(34-24)28-20-10-4-2-5-11-20/h8-9,14-17,20-21H,2-7,10-13,18H2,1H3. The van der Waals surface area contributed by atoms with E-state index in [4.69, 9.17) is 9.73 Å². The maximum absolute atomic E-state index is 13.7. The molecule has 2 heterocycles. The fourth-order valence-corrected chi connectivity index (χ4v) is 6.57. The zero-order chi connectivity index (χ0) is 23.5. The van der Waals surface area contributed by atoms with Crippen molar-refractivity contribution in [3.8, 4) is 0 Å². The Hall–Kier alpha value is -2.54. The molecule has 0 unspecified atom stereocenters.